The zero-order valence-electron chi connectivity index (χ0n) is 11.0. The monoisotopic (exact) mass is 246 g/mol. The van der Waals surface area contributed by atoms with Gasteiger partial charge in [0.05, 0.1) is 6.04 Å². The number of unbranched alkanes of at least 4 members (excludes halogenated alkanes) is 1. The topological polar surface area (TPSA) is 46.3 Å². The van der Waals surface area contributed by atoms with E-state index in [4.69, 9.17) is 5.73 Å². The lowest BCUT2D eigenvalue weighted by Gasteiger charge is -2.40. The van der Waals surface area contributed by atoms with Gasteiger partial charge in [-0.1, -0.05) is 43.7 Å². The van der Waals surface area contributed by atoms with Crippen molar-refractivity contribution in [1.29, 1.82) is 0 Å². The molecule has 1 aromatic rings. The molecule has 1 aliphatic rings. The van der Waals surface area contributed by atoms with Crippen molar-refractivity contribution < 1.29 is 4.79 Å². The van der Waals surface area contributed by atoms with Crippen molar-refractivity contribution in [1.82, 2.24) is 4.90 Å². The summed E-state index contributed by atoms with van der Waals surface area (Å²) in [5.41, 5.74) is 7.40. The number of hydrogen-bond acceptors (Lipinski definition) is 2. The average Bonchev–Trinajstić information content (AvgIpc) is 2.40. The highest BCUT2D eigenvalue weighted by molar-refractivity contribution is 5.78. The molecule has 2 N–H and O–H groups in total. The second-order valence-electron chi connectivity index (χ2n) is 5.00. The van der Waals surface area contributed by atoms with Crippen LogP contribution < -0.4 is 5.73 Å². The van der Waals surface area contributed by atoms with Gasteiger partial charge < -0.3 is 10.6 Å². The van der Waals surface area contributed by atoms with Crippen molar-refractivity contribution in [2.24, 2.45) is 5.73 Å². The molecule has 0 spiro atoms. The first-order valence-corrected chi connectivity index (χ1v) is 6.84. The SMILES string of the molecule is CCCCN1C(=O)CCC(N)C1c1ccccc1. The summed E-state index contributed by atoms with van der Waals surface area (Å²) in [5.74, 6) is 0.249. The Balaban J connectivity index is 2.23. The van der Waals surface area contributed by atoms with E-state index in [0.29, 0.717) is 6.42 Å². The summed E-state index contributed by atoms with van der Waals surface area (Å²) in [6.45, 7) is 2.97. The molecular weight excluding hydrogens is 224 g/mol. The van der Waals surface area contributed by atoms with E-state index in [1.54, 1.807) is 0 Å². The van der Waals surface area contributed by atoms with Crippen LogP contribution in [0.25, 0.3) is 0 Å². The third kappa shape index (κ3) is 2.72. The molecule has 3 nitrogen and oxygen atoms in total. The van der Waals surface area contributed by atoms with Gasteiger partial charge in [0.25, 0.3) is 0 Å². The van der Waals surface area contributed by atoms with Crippen LogP contribution in [0.15, 0.2) is 30.3 Å². The van der Waals surface area contributed by atoms with Gasteiger partial charge in [0.15, 0.2) is 0 Å². The normalized spacial score (nSPS) is 24.3. The Morgan fingerprint density at radius 1 is 1.33 bits per heavy atom. The molecule has 1 heterocycles. The van der Waals surface area contributed by atoms with Crippen LogP contribution in [0.1, 0.15) is 44.2 Å². The molecule has 1 aromatic carbocycles. The molecule has 2 rings (SSSR count). The maximum absolute atomic E-state index is 12.1. The van der Waals surface area contributed by atoms with E-state index >= 15 is 0 Å². The van der Waals surface area contributed by atoms with Crippen LogP contribution >= 0.6 is 0 Å². The number of carbonyl (C=O) groups excluding carboxylic acids is 1. The molecule has 1 fully saturated rings. The van der Waals surface area contributed by atoms with Gasteiger partial charge in [0.2, 0.25) is 5.91 Å². The molecule has 1 aliphatic heterocycles. The van der Waals surface area contributed by atoms with Gasteiger partial charge in [-0.3, -0.25) is 4.79 Å². The Hall–Kier alpha value is -1.35. The van der Waals surface area contributed by atoms with E-state index in [9.17, 15) is 4.79 Å². The fourth-order valence-electron chi connectivity index (χ4n) is 2.65. The van der Waals surface area contributed by atoms with Crippen LogP contribution in [0.4, 0.5) is 0 Å². The van der Waals surface area contributed by atoms with Gasteiger partial charge >= 0.3 is 0 Å². The number of likely N-dealkylation sites (tertiary alicyclic amines) is 1. The van der Waals surface area contributed by atoms with Gasteiger partial charge in [0, 0.05) is 19.0 Å². The standard InChI is InChI=1S/C15H22N2O/c1-2-3-11-17-14(18)10-9-13(16)15(17)12-7-5-4-6-8-12/h4-8,13,15H,2-3,9-11,16H2,1H3. The van der Waals surface area contributed by atoms with Crippen molar-refractivity contribution in [3.8, 4) is 0 Å². The van der Waals surface area contributed by atoms with Crippen molar-refractivity contribution in [3.63, 3.8) is 0 Å². The molecule has 0 saturated carbocycles. The molecule has 98 valence electrons. The Bertz CT molecular complexity index is 391. The fraction of sp³-hybridized carbons (Fsp3) is 0.533. The number of rotatable bonds is 4. The Kier molecular flexibility index (Phi) is 4.37. The quantitative estimate of drug-likeness (QED) is 0.887. The first-order valence-electron chi connectivity index (χ1n) is 6.84. The predicted molar refractivity (Wildman–Crippen MR) is 73.0 cm³/mol. The summed E-state index contributed by atoms with van der Waals surface area (Å²) in [6, 6.07) is 10.3. The smallest absolute Gasteiger partial charge is 0.223 e. The van der Waals surface area contributed by atoms with Gasteiger partial charge in [-0.2, -0.15) is 0 Å². The lowest BCUT2D eigenvalue weighted by Crippen LogP contribution is -2.49. The van der Waals surface area contributed by atoms with E-state index in [-0.39, 0.29) is 18.0 Å². The van der Waals surface area contributed by atoms with Gasteiger partial charge in [-0.05, 0) is 18.4 Å². The van der Waals surface area contributed by atoms with Crippen molar-refractivity contribution in [2.45, 2.75) is 44.7 Å². The summed E-state index contributed by atoms with van der Waals surface area (Å²) in [5, 5.41) is 0. The minimum absolute atomic E-state index is 0.0546. The molecular formula is C15H22N2O. The highest BCUT2D eigenvalue weighted by atomic mass is 16.2. The van der Waals surface area contributed by atoms with Gasteiger partial charge in [0.1, 0.15) is 0 Å². The van der Waals surface area contributed by atoms with Crippen LogP contribution in [-0.4, -0.2) is 23.4 Å². The summed E-state index contributed by atoms with van der Waals surface area (Å²) < 4.78 is 0. The van der Waals surface area contributed by atoms with E-state index < -0.39 is 0 Å². The highest BCUT2D eigenvalue weighted by Gasteiger charge is 2.34. The van der Waals surface area contributed by atoms with Gasteiger partial charge in [-0.15, -0.1) is 0 Å². The zero-order valence-corrected chi connectivity index (χ0v) is 11.0. The Morgan fingerprint density at radius 3 is 2.72 bits per heavy atom. The van der Waals surface area contributed by atoms with Crippen LogP contribution in [0.2, 0.25) is 0 Å². The molecule has 1 amide bonds. The Labute approximate surface area is 109 Å². The average molecular weight is 246 g/mol. The largest absolute Gasteiger partial charge is 0.334 e. The zero-order chi connectivity index (χ0) is 13.0. The number of nitrogens with two attached hydrogens (primary N) is 1. The third-order valence-electron chi connectivity index (χ3n) is 3.65. The van der Waals surface area contributed by atoms with Crippen LogP contribution in [-0.2, 0) is 4.79 Å². The van der Waals surface area contributed by atoms with E-state index in [1.165, 1.54) is 0 Å². The van der Waals surface area contributed by atoms with Crippen molar-refractivity contribution >= 4 is 5.91 Å². The van der Waals surface area contributed by atoms with Crippen molar-refractivity contribution in [2.75, 3.05) is 6.54 Å². The maximum atomic E-state index is 12.1. The molecule has 3 heteroatoms. The van der Waals surface area contributed by atoms with Crippen LogP contribution in [0.3, 0.4) is 0 Å². The highest BCUT2D eigenvalue weighted by Crippen LogP contribution is 2.30. The number of nitrogens with zero attached hydrogens (tertiary/aromatic N) is 1. The molecule has 18 heavy (non-hydrogen) atoms. The minimum atomic E-state index is 0.0546. The molecule has 1 saturated heterocycles. The van der Waals surface area contributed by atoms with Crippen LogP contribution in [0, 0.1) is 0 Å². The minimum Gasteiger partial charge on any atom is -0.334 e. The number of benzene rings is 1. The van der Waals surface area contributed by atoms with E-state index in [1.807, 2.05) is 23.1 Å². The summed E-state index contributed by atoms with van der Waals surface area (Å²) in [4.78, 5) is 14.1. The maximum Gasteiger partial charge on any atom is 0.223 e. The molecule has 0 radical (unpaired) electrons. The molecule has 0 aliphatic carbocycles. The first kappa shape index (κ1) is 13.1. The van der Waals surface area contributed by atoms with E-state index in [0.717, 1.165) is 31.4 Å². The number of amides is 1. The lowest BCUT2D eigenvalue weighted by atomic mass is 9.90. The fourth-order valence-corrected chi connectivity index (χ4v) is 2.65. The lowest BCUT2D eigenvalue weighted by molar-refractivity contribution is -0.137. The second-order valence-corrected chi connectivity index (χ2v) is 5.00. The Morgan fingerprint density at radius 2 is 2.06 bits per heavy atom. The molecule has 0 aromatic heterocycles. The second kappa shape index (κ2) is 6.01. The number of carbonyl (C=O) groups is 1. The third-order valence-corrected chi connectivity index (χ3v) is 3.65. The van der Waals surface area contributed by atoms with Gasteiger partial charge in [-0.25, -0.2) is 0 Å². The number of hydrogen-bond donors (Lipinski definition) is 1. The summed E-state index contributed by atoms with van der Waals surface area (Å²) >= 11 is 0. The number of piperidine rings is 1. The molecule has 2 atom stereocenters. The predicted octanol–water partition coefficient (Wildman–Crippen LogP) is 2.48. The first-order chi connectivity index (χ1) is 8.74. The van der Waals surface area contributed by atoms with Crippen LogP contribution in [0.5, 0.6) is 0 Å². The van der Waals surface area contributed by atoms with Crippen molar-refractivity contribution in [3.05, 3.63) is 35.9 Å². The van der Waals surface area contributed by atoms with E-state index in [2.05, 4.69) is 19.1 Å². The molecule has 0 bridgehead atoms. The summed E-state index contributed by atoms with van der Waals surface area (Å²) in [7, 11) is 0. The molecule has 2 unspecified atom stereocenters. The summed E-state index contributed by atoms with van der Waals surface area (Å²) in [6.07, 6.45) is 3.53.